The Hall–Kier alpha value is -0.430. The molecule has 0 saturated carbocycles. The minimum Gasteiger partial charge on any atom is -0.337 e. The van der Waals surface area contributed by atoms with E-state index < -0.39 is 0 Å². The van der Waals surface area contributed by atoms with E-state index in [0.29, 0.717) is 13.1 Å². The summed E-state index contributed by atoms with van der Waals surface area (Å²) in [6.07, 6.45) is 3.24. The molecule has 5 heteroatoms. The Balaban J connectivity index is 2.38. The number of hydrogen-bond acceptors (Lipinski definition) is 3. The van der Waals surface area contributed by atoms with Gasteiger partial charge in [0.1, 0.15) is 0 Å². The second-order valence-electron chi connectivity index (χ2n) is 3.20. The molecule has 0 aromatic rings. The van der Waals surface area contributed by atoms with Gasteiger partial charge in [-0.1, -0.05) is 6.08 Å². The first-order chi connectivity index (χ1) is 6.59. The Kier molecular flexibility index (Phi) is 4.53. The summed E-state index contributed by atoms with van der Waals surface area (Å²) in [6, 6.07) is 0. The van der Waals surface area contributed by atoms with Crippen LogP contribution in [0.4, 0.5) is 0 Å². The Bertz CT molecular complexity index is 266. The highest BCUT2D eigenvalue weighted by Crippen LogP contribution is 2.07. The van der Waals surface area contributed by atoms with Gasteiger partial charge in [-0.15, -0.1) is 0 Å². The van der Waals surface area contributed by atoms with E-state index in [1.165, 1.54) is 13.0 Å². The van der Waals surface area contributed by atoms with Crippen LogP contribution in [-0.2, 0) is 9.59 Å². The highest BCUT2D eigenvalue weighted by atomic mass is 127. The quantitative estimate of drug-likeness (QED) is 0.436. The summed E-state index contributed by atoms with van der Waals surface area (Å²) in [4.78, 5) is 23.8. The molecule has 1 amide bonds. The lowest BCUT2D eigenvalue weighted by Crippen LogP contribution is -2.46. The molecule has 1 saturated heterocycles. The molecule has 0 aromatic carbocycles. The van der Waals surface area contributed by atoms with Gasteiger partial charge in [-0.3, -0.25) is 9.59 Å². The van der Waals surface area contributed by atoms with Gasteiger partial charge in [-0.05, 0) is 13.0 Å². The molecule has 0 atom stereocenters. The molecule has 78 valence electrons. The van der Waals surface area contributed by atoms with Crippen LogP contribution in [0.2, 0.25) is 0 Å². The van der Waals surface area contributed by atoms with Crippen LogP contribution < -0.4 is 0 Å². The number of carbonyl (C=O) groups is 2. The Morgan fingerprint density at radius 1 is 1.57 bits per heavy atom. The van der Waals surface area contributed by atoms with Crippen LogP contribution in [0.1, 0.15) is 6.92 Å². The molecule has 14 heavy (non-hydrogen) atoms. The van der Waals surface area contributed by atoms with Crippen LogP contribution in [0.3, 0.4) is 0 Å². The van der Waals surface area contributed by atoms with Gasteiger partial charge in [0.15, 0.2) is 5.78 Å². The Morgan fingerprint density at radius 3 is 2.86 bits per heavy atom. The van der Waals surface area contributed by atoms with E-state index in [1.54, 1.807) is 11.0 Å². The standard InChI is InChI=1S/C9H13IN2O2/c1-8(13)3-2-4-11-5-6-12(10)7-9(11)14/h2-3H,4-7H2,1H3/b3-2+. The van der Waals surface area contributed by atoms with Gasteiger partial charge in [-0.25, -0.2) is 3.11 Å². The average Bonchev–Trinajstić information content (AvgIpc) is 2.08. The zero-order chi connectivity index (χ0) is 10.6. The fourth-order valence-corrected chi connectivity index (χ4v) is 1.73. The number of carbonyl (C=O) groups excluding carboxylic acids is 2. The fraction of sp³-hybridized carbons (Fsp3) is 0.556. The van der Waals surface area contributed by atoms with Crippen LogP contribution >= 0.6 is 22.9 Å². The number of rotatable bonds is 3. The maximum atomic E-state index is 11.4. The van der Waals surface area contributed by atoms with Crippen LogP contribution in [0.15, 0.2) is 12.2 Å². The average molecular weight is 308 g/mol. The lowest BCUT2D eigenvalue weighted by Gasteiger charge is -2.29. The van der Waals surface area contributed by atoms with Gasteiger partial charge in [0.05, 0.1) is 6.54 Å². The molecule has 0 aromatic heterocycles. The molecule has 4 nitrogen and oxygen atoms in total. The summed E-state index contributed by atoms with van der Waals surface area (Å²) in [7, 11) is 0. The number of ketones is 1. The van der Waals surface area contributed by atoms with E-state index in [1.807, 2.05) is 3.11 Å². The van der Waals surface area contributed by atoms with Crippen molar-refractivity contribution < 1.29 is 9.59 Å². The van der Waals surface area contributed by atoms with Gasteiger partial charge < -0.3 is 4.90 Å². The predicted molar refractivity (Wildman–Crippen MR) is 62.0 cm³/mol. The van der Waals surface area contributed by atoms with E-state index in [4.69, 9.17) is 0 Å². The number of allylic oxidation sites excluding steroid dienone is 1. The fourth-order valence-electron chi connectivity index (χ4n) is 1.22. The summed E-state index contributed by atoms with van der Waals surface area (Å²) in [6.45, 7) is 4.14. The summed E-state index contributed by atoms with van der Waals surface area (Å²) in [5.41, 5.74) is 0. The molecule has 0 aliphatic carbocycles. The van der Waals surface area contributed by atoms with Gasteiger partial charge in [-0.2, -0.15) is 0 Å². The normalized spacial score (nSPS) is 19.3. The first-order valence-corrected chi connectivity index (χ1v) is 5.41. The number of halogens is 1. The van der Waals surface area contributed by atoms with E-state index in [9.17, 15) is 9.59 Å². The number of piperazine rings is 1. The molecule has 0 N–H and O–H groups in total. The van der Waals surface area contributed by atoms with E-state index in [0.717, 1.165) is 13.1 Å². The zero-order valence-corrected chi connectivity index (χ0v) is 10.2. The number of amides is 1. The summed E-state index contributed by atoms with van der Waals surface area (Å²) in [5.74, 6) is 0.142. The van der Waals surface area contributed by atoms with Crippen LogP contribution in [0, 0.1) is 0 Å². The molecule has 0 spiro atoms. The smallest absolute Gasteiger partial charge is 0.237 e. The van der Waals surface area contributed by atoms with Crippen molar-refractivity contribution in [2.45, 2.75) is 6.92 Å². The first-order valence-electron chi connectivity index (χ1n) is 4.45. The summed E-state index contributed by atoms with van der Waals surface area (Å²) >= 11 is 2.14. The molecular formula is C9H13IN2O2. The van der Waals surface area contributed by atoms with Crippen LogP contribution in [0.25, 0.3) is 0 Å². The third kappa shape index (κ3) is 3.75. The van der Waals surface area contributed by atoms with E-state index >= 15 is 0 Å². The predicted octanol–water partition coefficient (Wildman–Crippen LogP) is 0.626. The van der Waals surface area contributed by atoms with E-state index in [2.05, 4.69) is 22.9 Å². The molecule has 1 heterocycles. The molecule has 1 fully saturated rings. The lowest BCUT2D eigenvalue weighted by molar-refractivity contribution is -0.132. The second-order valence-corrected chi connectivity index (χ2v) is 4.56. The van der Waals surface area contributed by atoms with Crippen molar-refractivity contribution in [2.75, 3.05) is 26.2 Å². The largest absolute Gasteiger partial charge is 0.337 e. The number of hydrogen-bond donors (Lipinski definition) is 0. The molecule has 0 radical (unpaired) electrons. The molecular weight excluding hydrogens is 295 g/mol. The van der Waals surface area contributed by atoms with Crippen molar-refractivity contribution in [3.63, 3.8) is 0 Å². The van der Waals surface area contributed by atoms with Crippen molar-refractivity contribution in [2.24, 2.45) is 0 Å². The maximum Gasteiger partial charge on any atom is 0.237 e. The van der Waals surface area contributed by atoms with Crippen molar-refractivity contribution in [1.29, 1.82) is 0 Å². The molecule has 0 bridgehead atoms. The zero-order valence-electron chi connectivity index (χ0n) is 8.07. The van der Waals surface area contributed by atoms with Crippen molar-refractivity contribution in [3.8, 4) is 0 Å². The summed E-state index contributed by atoms with van der Waals surface area (Å²) in [5, 5.41) is 0. The molecule has 0 unspecified atom stereocenters. The lowest BCUT2D eigenvalue weighted by atomic mass is 10.3. The monoisotopic (exact) mass is 308 g/mol. The van der Waals surface area contributed by atoms with Gasteiger partial charge >= 0.3 is 0 Å². The Morgan fingerprint density at radius 2 is 2.29 bits per heavy atom. The topological polar surface area (TPSA) is 40.6 Å². The third-order valence-corrected chi connectivity index (χ3v) is 2.77. The Labute approximate surface area is 97.4 Å². The molecule has 1 aliphatic rings. The second kappa shape index (κ2) is 5.45. The minimum atomic E-state index is 0.0185. The molecule has 1 rings (SSSR count). The first kappa shape index (κ1) is 11.6. The van der Waals surface area contributed by atoms with Crippen LogP contribution in [-0.4, -0.2) is 45.9 Å². The van der Waals surface area contributed by atoms with Gasteiger partial charge in [0, 0.05) is 42.5 Å². The van der Waals surface area contributed by atoms with Crippen molar-refractivity contribution in [3.05, 3.63) is 12.2 Å². The molecule has 1 aliphatic heterocycles. The van der Waals surface area contributed by atoms with Crippen molar-refractivity contribution >= 4 is 34.6 Å². The highest BCUT2D eigenvalue weighted by molar-refractivity contribution is 14.1. The van der Waals surface area contributed by atoms with Crippen LogP contribution in [0.5, 0.6) is 0 Å². The van der Waals surface area contributed by atoms with Gasteiger partial charge in [0.25, 0.3) is 0 Å². The maximum absolute atomic E-state index is 11.4. The summed E-state index contributed by atoms with van der Waals surface area (Å²) < 4.78 is 1.96. The van der Waals surface area contributed by atoms with Crippen molar-refractivity contribution in [1.82, 2.24) is 8.01 Å². The minimum absolute atomic E-state index is 0.0185. The highest BCUT2D eigenvalue weighted by Gasteiger charge is 2.20. The van der Waals surface area contributed by atoms with E-state index in [-0.39, 0.29) is 11.7 Å². The number of nitrogens with zero attached hydrogens (tertiary/aromatic N) is 2. The SMILES string of the molecule is CC(=O)/C=C/CN1CCN(I)CC1=O. The third-order valence-electron chi connectivity index (χ3n) is 1.95. The van der Waals surface area contributed by atoms with Gasteiger partial charge in [0.2, 0.25) is 5.91 Å².